The van der Waals surface area contributed by atoms with E-state index in [1.165, 1.54) is 0 Å². The van der Waals surface area contributed by atoms with Gasteiger partial charge in [-0.25, -0.2) is 4.98 Å². The predicted molar refractivity (Wildman–Crippen MR) is 106 cm³/mol. The van der Waals surface area contributed by atoms with E-state index in [1.54, 1.807) is 45.0 Å². The van der Waals surface area contributed by atoms with Crippen LogP contribution < -0.4 is 11.1 Å². The van der Waals surface area contributed by atoms with Gasteiger partial charge in [-0.15, -0.1) is 0 Å². The Balaban J connectivity index is 1.73. The largest absolute Gasteiger partial charge is 0.454 e. The van der Waals surface area contributed by atoms with E-state index in [1.807, 2.05) is 6.07 Å². The van der Waals surface area contributed by atoms with Gasteiger partial charge in [0.2, 0.25) is 0 Å². The van der Waals surface area contributed by atoms with E-state index in [-0.39, 0.29) is 23.4 Å². The molecule has 2 heterocycles. The van der Waals surface area contributed by atoms with Gasteiger partial charge in [-0.3, -0.25) is 14.4 Å². The van der Waals surface area contributed by atoms with Crippen molar-refractivity contribution < 1.29 is 9.53 Å². The molecule has 1 aromatic carbocycles. The van der Waals surface area contributed by atoms with E-state index in [9.17, 15) is 14.4 Å². The molecule has 0 aliphatic heterocycles. The zero-order valence-corrected chi connectivity index (χ0v) is 16.3. The summed E-state index contributed by atoms with van der Waals surface area (Å²) in [6.45, 7) is 5.05. The molecular weight excluding hydrogens is 372 g/mol. The van der Waals surface area contributed by atoms with Crippen molar-refractivity contribution in [2.75, 3.05) is 0 Å². The molecule has 8 heteroatoms. The number of rotatable bonds is 5. The smallest absolute Gasteiger partial charge is 0.306 e. The summed E-state index contributed by atoms with van der Waals surface area (Å²) in [5.41, 5.74) is 1.76. The molecule has 0 spiro atoms. The minimum Gasteiger partial charge on any atom is -0.454 e. The third-order valence-corrected chi connectivity index (χ3v) is 4.82. The van der Waals surface area contributed by atoms with Gasteiger partial charge in [-0.1, -0.05) is 12.1 Å². The molecule has 0 amide bonds. The summed E-state index contributed by atoms with van der Waals surface area (Å²) in [4.78, 5) is 45.9. The summed E-state index contributed by atoms with van der Waals surface area (Å²) in [6.07, 6.45) is -0.357. The SMILES string of the molecule is Cc1[nH]c(=O)c(C#N)c(C)c1CCC(=O)O[C@@H](C)c1nc2ccccc2c(=O)[nH]1. The number of aryl methyl sites for hydroxylation is 1. The topological polar surface area (TPSA) is 129 Å². The normalized spacial score (nSPS) is 11.8. The third-order valence-electron chi connectivity index (χ3n) is 4.82. The molecule has 0 saturated heterocycles. The number of aromatic nitrogens is 3. The fourth-order valence-electron chi connectivity index (χ4n) is 3.26. The molecule has 0 unspecified atom stereocenters. The van der Waals surface area contributed by atoms with Crippen molar-refractivity contribution in [3.8, 4) is 6.07 Å². The Kier molecular flexibility index (Phi) is 5.59. The molecule has 0 bridgehead atoms. The van der Waals surface area contributed by atoms with Crippen molar-refractivity contribution >= 4 is 16.9 Å². The van der Waals surface area contributed by atoms with Crippen molar-refractivity contribution in [2.24, 2.45) is 0 Å². The zero-order valence-electron chi connectivity index (χ0n) is 16.3. The number of ether oxygens (including phenoxy) is 1. The second kappa shape index (κ2) is 8.10. The lowest BCUT2D eigenvalue weighted by Gasteiger charge is -2.14. The van der Waals surface area contributed by atoms with Crippen molar-refractivity contribution in [3.05, 3.63) is 73.2 Å². The molecule has 3 aromatic rings. The summed E-state index contributed by atoms with van der Waals surface area (Å²) in [5.74, 6) is -0.206. The van der Waals surface area contributed by atoms with Crippen LogP contribution in [0.1, 0.15) is 47.7 Å². The highest BCUT2D eigenvalue weighted by molar-refractivity contribution is 5.77. The van der Waals surface area contributed by atoms with Gasteiger partial charge < -0.3 is 14.7 Å². The first kappa shape index (κ1) is 20.0. The van der Waals surface area contributed by atoms with E-state index in [2.05, 4.69) is 15.0 Å². The maximum Gasteiger partial charge on any atom is 0.306 e. The van der Waals surface area contributed by atoms with Gasteiger partial charge >= 0.3 is 5.97 Å². The maximum absolute atomic E-state index is 12.3. The van der Waals surface area contributed by atoms with Crippen molar-refractivity contribution in [1.29, 1.82) is 5.26 Å². The van der Waals surface area contributed by atoms with Gasteiger partial charge in [0.15, 0.2) is 11.9 Å². The number of aromatic amines is 2. The van der Waals surface area contributed by atoms with Crippen molar-refractivity contribution in [3.63, 3.8) is 0 Å². The first-order valence-electron chi connectivity index (χ1n) is 9.12. The lowest BCUT2D eigenvalue weighted by Crippen LogP contribution is -2.19. The van der Waals surface area contributed by atoms with Crippen LogP contribution >= 0.6 is 0 Å². The summed E-state index contributed by atoms with van der Waals surface area (Å²) < 4.78 is 5.41. The van der Waals surface area contributed by atoms with Crippen LogP contribution in [-0.2, 0) is 16.0 Å². The number of nitrogens with zero attached hydrogens (tertiary/aromatic N) is 2. The van der Waals surface area contributed by atoms with E-state index in [4.69, 9.17) is 10.00 Å². The van der Waals surface area contributed by atoms with Gasteiger partial charge in [0.25, 0.3) is 11.1 Å². The molecule has 0 aliphatic rings. The second-order valence-corrected chi connectivity index (χ2v) is 6.77. The summed E-state index contributed by atoms with van der Waals surface area (Å²) >= 11 is 0. The molecule has 0 fully saturated rings. The highest BCUT2D eigenvalue weighted by Crippen LogP contribution is 2.18. The summed E-state index contributed by atoms with van der Waals surface area (Å²) in [7, 11) is 0. The number of carbonyl (C=O) groups excluding carboxylic acids is 1. The Morgan fingerprint density at radius 2 is 1.93 bits per heavy atom. The molecule has 0 radical (unpaired) electrons. The zero-order chi connectivity index (χ0) is 21.1. The van der Waals surface area contributed by atoms with Gasteiger partial charge in [-0.05, 0) is 50.5 Å². The number of nitriles is 1. The monoisotopic (exact) mass is 392 g/mol. The molecule has 29 heavy (non-hydrogen) atoms. The van der Waals surface area contributed by atoms with Gasteiger partial charge in [0.05, 0.1) is 10.9 Å². The highest BCUT2D eigenvalue weighted by atomic mass is 16.5. The number of nitrogens with one attached hydrogen (secondary N) is 2. The predicted octanol–water partition coefficient (Wildman–Crippen LogP) is 2.34. The van der Waals surface area contributed by atoms with Crippen LogP contribution in [0.15, 0.2) is 33.9 Å². The molecule has 0 saturated carbocycles. The Morgan fingerprint density at radius 1 is 1.21 bits per heavy atom. The quantitative estimate of drug-likeness (QED) is 0.641. The van der Waals surface area contributed by atoms with Crippen LogP contribution in [0.5, 0.6) is 0 Å². The molecular formula is C21H20N4O4. The number of para-hydroxylation sites is 1. The molecule has 2 N–H and O–H groups in total. The van der Waals surface area contributed by atoms with Crippen LogP contribution in [-0.4, -0.2) is 20.9 Å². The third kappa shape index (κ3) is 4.09. The lowest BCUT2D eigenvalue weighted by atomic mass is 9.99. The molecule has 8 nitrogen and oxygen atoms in total. The Morgan fingerprint density at radius 3 is 2.66 bits per heavy atom. The highest BCUT2D eigenvalue weighted by Gasteiger charge is 2.18. The van der Waals surface area contributed by atoms with E-state index >= 15 is 0 Å². The van der Waals surface area contributed by atoms with Gasteiger partial charge in [-0.2, -0.15) is 5.26 Å². The fraction of sp³-hybridized carbons (Fsp3) is 0.286. The van der Waals surface area contributed by atoms with E-state index < -0.39 is 17.6 Å². The standard InChI is InChI=1S/C21H20N4O4/c1-11-14(12(2)23-21(28)16(11)10-22)8-9-18(26)29-13(3)19-24-17-7-5-4-6-15(17)20(27)25-19/h4-7,13H,8-9H2,1-3H3,(H,23,28)(H,24,25,27)/t13-/m0/s1. The maximum atomic E-state index is 12.3. The number of hydrogen-bond acceptors (Lipinski definition) is 6. The van der Waals surface area contributed by atoms with Gasteiger partial charge in [0.1, 0.15) is 11.6 Å². The molecule has 0 aliphatic carbocycles. The molecule has 2 aromatic heterocycles. The molecule has 148 valence electrons. The van der Waals surface area contributed by atoms with Crippen molar-refractivity contribution in [1.82, 2.24) is 15.0 Å². The van der Waals surface area contributed by atoms with Crippen LogP contribution in [0.25, 0.3) is 10.9 Å². The van der Waals surface area contributed by atoms with Crippen LogP contribution in [0.4, 0.5) is 0 Å². The van der Waals surface area contributed by atoms with E-state index in [0.717, 1.165) is 5.56 Å². The lowest BCUT2D eigenvalue weighted by molar-refractivity contribution is -0.148. The molecule has 3 rings (SSSR count). The minimum absolute atomic E-state index is 0.0466. The second-order valence-electron chi connectivity index (χ2n) is 6.77. The molecule has 1 atom stereocenters. The van der Waals surface area contributed by atoms with Crippen LogP contribution in [0.3, 0.4) is 0 Å². The number of benzene rings is 1. The first-order valence-corrected chi connectivity index (χ1v) is 9.12. The minimum atomic E-state index is -0.729. The van der Waals surface area contributed by atoms with Crippen LogP contribution in [0, 0.1) is 25.2 Å². The number of hydrogen-bond donors (Lipinski definition) is 2. The fourth-order valence-corrected chi connectivity index (χ4v) is 3.26. The van der Waals surface area contributed by atoms with E-state index in [0.29, 0.717) is 28.6 Å². The van der Waals surface area contributed by atoms with Crippen molar-refractivity contribution in [2.45, 2.75) is 39.7 Å². The number of fused-ring (bicyclic) bond motifs is 1. The average molecular weight is 392 g/mol. The number of pyridine rings is 1. The van der Waals surface area contributed by atoms with Crippen LogP contribution in [0.2, 0.25) is 0 Å². The number of H-pyrrole nitrogens is 2. The number of carbonyl (C=O) groups is 1. The summed E-state index contributed by atoms with van der Waals surface area (Å²) in [6, 6.07) is 8.81. The number of esters is 1. The Hall–Kier alpha value is -3.73. The van der Waals surface area contributed by atoms with Gasteiger partial charge in [0, 0.05) is 12.1 Å². The first-order chi connectivity index (χ1) is 13.8. The Bertz CT molecular complexity index is 1250. The summed E-state index contributed by atoms with van der Waals surface area (Å²) in [5, 5.41) is 9.60. The average Bonchev–Trinajstić information content (AvgIpc) is 2.67. The Labute approximate surface area is 166 Å².